The number of amides is 3. The van der Waals surface area contributed by atoms with Crippen molar-refractivity contribution in [2.45, 2.75) is 37.6 Å². The summed E-state index contributed by atoms with van der Waals surface area (Å²) in [7, 11) is 0. The molecule has 138 valence electrons. The minimum atomic E-state index is -0.629. The lowest BCUT2D eigenvalue weighted by atomic mass is 9.86. The summed E-state index contributed by atoms with van der Waals surface area (Å²) in [4.78, 5) is 38.6. The molecule has 27 heavy (non-hydrogen) atoms. The van der Waals surface area contributed by atoms with Crippen LogP contribution in [0.25, 0.3) is 10.8 Å². The van der Waals surface area contributed by atoms with E-state index >= 15 is 0 Å². The van der Waals surface area contributed by atoms with Gasteiger partial charge in [0.25, 0.3) is 5.91 Å². The van der Waals surface area contributed by atoms with Crippen LogP contribution in [0.4, 0.5) is 5.69 Å². The van der Waals surface area contributed by atoms with Crippen LogP contribution in [0.15, 0.2) is 30.3 Å². The van der Waals surface area contributed by atoms with Gasteiger partial charge in [0.2, 0.25) is 11.8 Å². The summed E-state index contributed by atoms with van der Waals surface area (Å²) in [6, 6.07) is 9.33. The number of rotatable bonds is 2. The van der Waals surface area contributed by atoms with Crippen molar-refractivity contribution in [2.75, 3.05) is 18.0 Å². The number of nitrogens with one attached hydrogen (secondary N) is 2. The van der Waals surface area contributed by atoms with Crippen LogP contribution in [0.3, 0.4) is 0 Å². The first-order valence-electron chi connectivity index (χ1n) is 9.59. The van der Waals surface area contributed by atoms with Crippen LogP contribution in [-0.4, -0.2) is 36.9 Å². The number of carbonyl (C=O) groups is 3. The predicted octanol–water partition coefficient (Wildman–Crippen LogP) is 2.07. The lowest BCUT2D eigenvalue weighted by Crippen LogP contribution is -2.53. The third-order valence-electron chi connectivity index (χ3n) is 6.06. The largest absolute Gasteiger partial charge is 0.317 e. The maximum absolute atomic E-state index is 13.1. The van der Waals surface area contributed by atoms with Crippen molar-refractivity contribution in [3.05, 3.63) is 41.5 Å². The molecule has 0 aliphatic carbocycles. The summed E-state index contributed by atoms with van der Waals surface area (Å²) < 4.78 is 0. The van der Waals surface area contributed by atoms with E-state index in [0.717, 1.165) is 42.4 Å². The fourth-order valence-corrected chi connectivity index (χ4v) is 4.76. The first kappa shape index (κ1) is 16.4. The van der Waals surface area contributed by atoms with Gasteiger partial charge in [-0.15, -0.1) is 0 Å². The zero-order chi connectivity index (χ0) is 18.5. The standard InChI is InChI=1S/C21H21N3O3/c25-18-7-6-17(20(26)23-18)24-16-5-4-13(12-8-10-22-11-9-12)14-2-1-3-15(19(14)16)21(24)27/h1-5,12,17,22H,6-11H2,(H,23,25,26). The van der Waals surface area contributed by atoms with E-state index in [1.807, 2.05) is 18.2 Å². The van der Waals surface area contributed by atoms with Gasteiger partial charge in [0.15, 0.2) is 0 Å². The monoisotopic (exact) mass is 363 g/mol. The van der Waals surface area contributed by atoms with Gasteiger partial charge in [-0.1, -0.05) is 18.2 Å². The Balaban J connectivity index is 1.62. The maximum atomic E-state index is 13.1. The minimum absolute atomic E-state index is 0.146. The smallest absolute Gasteiger partial charge is 0.259 e. The third-order valence-corrected chi connectivity index (χ3v) is 6.06. The van der Waals surface area contributed by atoms with Gasteiger partial charge in [0.05, 0.1) is 5.69 Å². The van der Waals surface area contributed by atoms with Crippen LogP contribution in [0.1, 0.15) is 47.5 Å². The molecule has 3 heterocycles. The fourth-order valence-electron chi connectivity index (χ4n) is 4.76. The topological polar surface area (TPSA) is 78.5 Å². The molecule has 1 unspecified atom stereocenters. The van der Waals surface area contributed by atoms with E-state index < -0.39 is 6.04 Å². The molecule has 3 amide bonds. The van der Waals surface area contributed by atoms with E-state index in [9.17, 15) is 14.4 Å². The van der Waals surface area contributed by atoms with Crippen LogP contribution in [-0.2, 0) is 9.59 Å². The first-order valence-corrected chi connectivity index (χ1v) is 9.59. The van der Waals surface area contributed by atoms with Crippen LogP contribution in [0.2, 0.25) is 0 Å². The minimum Gasteiger partial charge on any atom is -0.317 e. The lowest BCUT2D eigenvalue weighted by molar-refractivity contribution is -0.134. The van der Waals surface area contributed by atoms with Gasteiger partial charge in [-0.2, -0.15) is 0 Å². The van der Waals surface area contributed by atoms with Crippen molar-refractivity contribution in [2.24, 2.45) is 0 Å². The zero-order valence-corrected chi connectivity index (χ0v) is 15.0. The summed E-state index contributed by atoms with van der Waals surface area (Å²) in [6.07, 6.45) is 2.79. The van der Waals surface area contributed by atoms with Gasteiger partial charge < -0.3 is 5.32 Å². The highest BCUT2D eigenvalue weighted by atomic mass is 16.2. The molecule has 1 atom stereocenters. The highest BCUT2D eigenvalue weighted by Crippen LogP contribution is 2.43. The highest BCUT2D eigenvalue weighted by molar-refractivity contribution is 6.27. The molecule has 6 heteroatoms. The highest BCUT2D eigenvalue weighted by Gasteiger charge is 2.41. The number of nitrogens with zero attached hydrogens (tertiary/aromatic N) is 1. The number of imide groups is 1. The normalized spacial score (nSPS) is 23.2. The van der Waals surface area contributed by atoms with Gasteiger partial charge >= 0.3 is 0 Å². The van der Waals surface area contributed by atoms with Crippen LogP contribution in [0, 0.1) is 0 Å². The molecule has 2 saturated heterocycles. The Bertz CT molecular complexity index is 978. The van der Waals surface area contributed by atoms with E-state index in [1.165, 1.54) is 5.56 Å². The second-order valence-corrected chi connectivity index (χ2v) is 7.57. The van der Waals surface area contributed by atoms with E-state index in [4.69, 9.17) is 0 Å². The number of hydrogen-bond acceptors (Lipinski definition) is 4. The molecule has 0 bridgehead atoms. The van der Waals surface area contributed by atoms with Crippen LogP contribution >= 0.6 is 0 Å². The molecule has 2 aromatic rings. The Labute approximate surface area is 156 Å². The maximum Gasteiger partial charge on any atom is 0.259 e. The van der Waals surface area contributed by atoms with Crippen molar-refractivity contribution in [1.82, 2.24) is 10.6 Å². The molecule has 2 N–H and O–H groups in total. The Kier molecular flexibility index (Phi) is 3.75. The van der Waals surface area contributed by atoms with E-state index in [1.54, 1.807) is 4.90 Å². The third kappa shape index (κ3) is 2.47. The first-order chi connectivity index (χ1) is 13.1. The van der Waals surface area contributed by atoms with Gasteiger partial charge in [-0.25, -0.2) is 0 Å². The predicted molar refractivity (Wildman–Crippen MR) is 102 cm³/mol. The fraction of sp³-hybridized carbons (Fsp3) is 0.381. The Morgan fingerprint density at radius 1 is 0.963 bits per heavy atom. The molecular formula is C21H21N3O3. The Hall–Kier alpha value is -2.73. The molecule has 3 aliphatic heterocycles. The molecule has 0 aromatic heterocycles. The summed E-state index contributed by atoms with van der Waals surface area (Å²) >= 11 is 0. The van der Waals surface area contributed by atoms with Crippen molar-refractivity contribution < 1.29 is 14.4 Å². The molecule has 0 radical (unpaired) electrons. The van der Waals surface area contributed by atoms with Crippen molar-refractivity contribution in [1.29, 1.82) is 0 Å². The van der Waals surface area contributed by atoms with Crippen LogP contribution in [0.5, 0.6) is 0 Å². The van der Waals surface area contributed by atoms with Gasteiger partial charge in [-0.3, -0.25) is 24.6 Å². The van der Waals surface area contributed by atoms with E-state index in [-0.39, 0.29) is 24.1 Å². The Morgan fingerprint density at radius 3 is 2.56 bits per heavy atom. The second-order valence-electron chi connectivity index (χ2n) is 7.57. The number of anilines is 1. The molecule has 0 saturated carbocycles. The summed E-state index contributed by atoms with van der Waals surface area (Å²) in [5, 5.41) is 7.83. The molecule has 2 aromatic carbocycles. The molecule has 0 spiro atoms. The summed E-state index contributed by atoms with van der Waals surface area (Å²) in [5.41, 5.74) is 2.73. The van der Waals surface area contributed by atoms with Crippen molar-refractivity contribution in [3.8, 4) is 0 Å². The number of benzene rings is 2. The van der Waals surface area contributed by atoms with Gasteiger partial charge in [0, 0.05) is 17.4 Å². The zero-order valence-electron chi connectivity index (χ0n) is 15.0. The SMILES string of the molecule is O=C1CCC(N2C(=O)c3cccc4c(C5CCNCC5)ccc2c34)C(=O)N1. The average molecular weight is 363 g/mol. The Morgan fingerprint density at radius 2 is 1.78 bits per heavy atom. The molecule has 2 fully saturated rings. The van der Waals surface area contributed by atoms with Gasteiger partial charge in [-0.05, 0) is 61.4 Å². The lowest BCUT2D eigenvalue weighted by Gasteiger charge is -2.30. The summed E-state index contributed by atoms with van der Waals surface area (Å²) in [5.74, 6) is -0.322. The number of carbonyl (C=O) groups excluding carboxylic acids is 3. The summed E-state index contributed by atoms with van der Waals surface area (Å²) in [6.45, 7) is 2.02. The van der Waals surface area contributed by atoms with Crippen molar-refractivity contribution in [3.63, 3.8) is 0 Å². The quantitative estimate of drug-likeness (QED) is 0.801. The van der Waals surface area contributed by atoms with Gasteiger partial charge in [0.1, 0.15) is 6.04 Å². The van der Waals surface area contributed by atoms with E-state index in [2.05, 4.69) is 22.8 Å². The van der Waals surface area contributed by atoms with E-state index in [0.29, 0.717) is 17.9 Å². The average Bonchev–Trinajstić information content (AvgIpc) is 2.97. The molecular weight excluding hydrogens is 342 g/mol. The second kappa shape index (κ2) is 6.16. The van der Waals surface area contributed by atoms with Crippen LogP contribution < -0.4 is 15.5 Å². The molecule has 3 aliphatic rings. The van der Waals surface area contributed by atoms with Crippen molar-refractivity contribution >= 4 is 34.2 Å². The molecule has 6 nitrogen and oxygen atoms in total. The number of piperidine rings is 2. The molecule has 5 rings (SSSR count). The number of hydrogen-bond donors (Lipinski definition) is 2.